The van der Waals surface area contributed by atoms with Gasteiger partial charge in [0, 0.05) is 0 Å². The van der Waals surface area contributed by atoms with E-state index in [1.54, 1.807) is 0 Å². The summed E-state index contributed by atoms with van der Waals surface area (Å²) in [4.78, 5) is 0. The number of hydrogen-bond acceptors (Lipinski definition) is 0. The average Bonchev–Trinajstić information content (AvgIpc) is 2.64. The van der Waals surface area contributed by atoms with Crippen LogP contribution in [-0.2, 0) is 0 Å². The SMILES string of the molecule is C1=CCCC1.C1=CCCCC1. The summed E-state index contributed by atoms with van der Waals surface area (Å²) in [5, 5.41) is 0. The van der Waals surface area contributed by atoms with E-state index in [1.807, 2.05) is 0 Å². The molecule has 0 aliphatic heterocycles. The van der Waals surface area contributed by atoms with Crippen molar-refractivity contribution >= 4 is 0 Å². The van der Waals surface area contributed by atoms with E-state index in [2.05, 4.69) is 24.3 Å². The highest BCUT2D eigenvalue weighted by Gasteiger charge is 1.87. The molecule has 0 amide bonds. The maximum atomic E-state index is 2.27. The number of allylic oxidation sites excluding steroid dienone is 4. The Bertz CT molecular complexity index is 117. The average molecular weight is 150 g/mol. The van der Waals surface area contributed by atoms with Gasteiger partial charge >= 0.3 is 0 Å². The molecular formula is C11H18. The van der Waals surface area contributed by atoms with Crippen LogP contribution in [0, 0.1) is 0 Å². The monoisotopic (exact) mass is 150 g/mol. The van der Waals surface area contributed by atoms with E-state index in [0.717, 1.165) is 0 Å². The Kier molecular flexibility index (Phi) is 4.84. The lowest BCUT2D eigenvalue weighted by atomic mass is 10.1. The molecule has 0 aromatic heterocycles. The molecule has 0 fully saturated rings. The van der Waals surface area contributed by atoms with Gasteiger partial charge in [-0.3, -0.25) is 0 Å². The zero-order chi connectivity index (χ0) is 7.78. The summed E-state index contributed by atoms with van der Waals surface area (Å²) in [6.07, 6.45) is 18.5. The van der Waals surface area contributed by atoms with Crippen LogP contribution >= 0.6 is 0 Å². The van der Waals surface area contributed by atoms with Gasteiger partial charge in [0.15, 0.2) is 0 Å². The second-order valence-electron chi connectivity index (χ2n) is 3.16. The van der Waals surface area contributed by atoms with Crippen molar-refractivity contribution in [2.75, 3.05) is 0 Å². The lowest BCUT2D eigenvalue weighted by Gasteiger charge is -1.97. The van der Waals surface area contributed by atoms with Crippen LogP contribution < -0.4 is 0 Å². The molecule has 0 N–H and O–H groups in total. The van der Waals surface area contributed by atoms with E-state index in [0.29, 0.717) is 0 Å². The van der Waals surface area contributed by atoms with Gasteiger partial charge < -0.3 is 0 Å². The van der Waals surface area contributed by atoms with Crippen LogP contribution in [0.1, 0.15) is 44.9 Å². The van der Waals surface area contributed by atoms with Gasteiger partial charge in [-0.15, -0.1) is 0 Å². The maximum absolute atomic E-state index is 2.27. The minimum atomic E-state index is 1.32. The predicted molar refractivity (Wildman–Crippen MR) is 50.6 cm³/mol. The van der Waals surface area contributed by atoms with Crippen LogP contribution in [0.4, 0.5) is 0 Å². The summed E-state index contributed by atoms with van der Waals surface area (Å²) in [6.45, 7) is 0. The minimum Gasteiger partial charge on any atom is -0.0885 e. The molecule has 0 saturated carbocycles. The summed E-state index contributed by atoms with van der Waals surface area (Å²) in [6, 6.07) is 0. The first-order valence-corrected chi connectivity index (χ1v) is 4.80. The molecule has 0 saturated heterocycles. The van der Waals surface area contributed by atoms with Crippen LogP contribution in [0.3, 0.4) is 0 Å². The third-order valence-electron chi connectivity index (χ3n) is 2.07. The maximum Gasteiger partial charge on any atom is -0.0348 e. The van der Waals surface area contributed by atoms with Crippen LogP contribution in [0.5, 0.6) is 0 Å². The smallest absolute Gasteiger partial charge is 0.0348 e. The molecule has 0 atom stereocenters. The lowest BCUT2D eigenvalue weighted by molar-refractivity contribution is 0.730. The predicted octanol–water partition coefficient (Wildman–Crippen LogP) is 3.84. The highest BCUT2D eigenvalue weighted by atomic mass is 13.9. The van der Waals surface area contributed by atoms with Crippen LogP contribution in [-0.4, -0.2) is 0 Å². The van der Waals surface area contributed by atoms with Crippen molar-refractivity contribution < 1.29 is 0 Å². The number of hydrogen-bond donors (Lipinski definition) is 0. The standard InChI is InChI=1S/C6H10.C5H8/c1-2-4-6-5-3-1;1-2-4-5-3-1/h1-2H,3-6H2;1-2H,3-5H2. The molecule has 11 heavy (non-hydrogen) atoms. The van der Waals surface area contributed by atoms with Crippen molar-refractivity contribution in [2.24, 2.45) is 0 Å². The van der Waals surface area contributed by atoms with Gasteiger partial charge in [-0.25, -0.2) is 0 Å². The van der Waals surface area contributed by atoms with Crippen molar-refractivity contribution in [1.29, 1.82) is 0 Å². The molecule has 2 rings (SSSR count). The van der Waals surface area contributed by atoms with Gasteiger partial charge in [-0.05, 0) is 44.9 Å². The van der Waals surface area contributed by atoms with Crippen molar-refractivity contribution in [1.82, 2.24) is 0 Å². The summed E-state index contributed by atoms with van der Waals surface area (Å²) in [7, 11) is 0. The van der Waals surface area contributed by atoms with Gasteiger partial charge in [-0.2, -0.15) is 0 Å². The third-order valence-corrected chi connectivity index (χ3v) is 2.07. The van der Waals surface area contributed by atoms with Crippen LogP contribution in [0.15, 0.2) is 24.3 Å². The highest BCUT2D eigenvalue weighted by Crippen LogP contribution is 2.07. The summed E-state index contributed by atoms with van der Waals surface area (Å²) in [5.74, 6) is 0. The molecule has 0 heteroatoms. The quantitative estimate of drug-likeness (QED) is 0.460. The largest absolute Gasteiger partial charge is 0.0885 e. The molecule has 2 aliphatic rings. The van der Waals surface area contributed by atoms with E-state index in [9.17, 15) is 0 Å². The fourth-order valence-corrected chi connectivity index (χ4v) is 1.35. The first-order valence-electron chi connectivity index (χ1n) is 4.80. The first kappa shape index (κ1) is 8.58. The van der Waals surface area contributed by atoms with E-state index in [1.165, 1.54) is 44.9 Å². The molecule has 0 nitrogen and oxygen atoms in total. The van der Waals surface area contributed by atoms with E-state index < -0.39 is 0 Å². The van der Waals surface area contributed by atoms with Crippen molar-refractivity contribution in [3.8, 4) is 0 Å². The van der Waals surface area contributed by atoms with E-state index in [4.69, 9.17) is 0 Å². The Hall–Kier alpha value is -0.520. The second kappa shape index (κ2) is 6.21. The molecule has 0 aromatic rings. The summed E-state index contributed by atoms with van der Waals surface area (Å²) < 4.78 is 0. The van der Waals surface area contributed by atoms with Crippen molar-refractivity contribution in [3.63, 3.8) is 0 Å². The fraction of sp³-hybridized carbons (Fsp3) is 0.636. The van der Waals surface area contributed by atoms with Crippen LogP contribution in [0.2, 0.25) is 0 Å². The van der Waals surface area contributed by atoms with Crippen molar-refractivity contribution in [3.05, 3.63) is 24.3 Å². The Morgan fingerprint density at radius 2 is 0.818 bits per heavy atom. The molecule has 0 heterocycles. The molecule has 0 bridgehead atoms. The Morgan fingerprint density at radius 3 is 1.00 bits per heavy atom. The molecule has 0 spiro atoms. The molecular weight excluding hydrogens is 132 g/mol. The van der Waals surface area contributed by atoms with E-state index in [-0.39, 0.29) is 0 Å². The van der Waals surface area contributed by atoms with Gasteiger partial charge in [-0.1, -0.05) is 24.3 Å². The zero-order valence-corrected chi connectivity index (χ0v) is 7.26. The van der Waals surface area contributed by atoms with Gasteiger partial charge in [0.05, 0.1) is 0 Å². The first-order chi connectivity index (χ1) is 5.50. The second-order valence-corrected chi connectivity index (χ2v) is 3.16. The highest BCUT2D eigenvalue weighted by molar-refractivity contribution is 4.88. The number of rotatable bonds is 0. The van der Waals surface area contributed by atoms with Crippen molar-refractivity contribution in [2.45, 2.75) is 44.9 Å². The van der Waals surface area contributed by atoms with E-state index >= 15 is 0 Å². The fourth-order valence-electron chi connectivity index (χ4n) is 1.35. The molecule has 0 unspecified atom stereocenters. The Morgan fingerprint density at radius 1 is 0.455 bits per heavy atom. The normalized spacial score (nSPS) is 21.1. The third kappa shape index (κ3) is 4.83. The van der Waals surface area contributed by atoms with Gasteiger partial charge in [0.1, 0.15) is 0 Å². The van der Waals surface area contributed by atoms with Gasteiger partial charge in [0.25, 0.3) is 0 Å². The Balaban J connectivity index is 0.000000112. The minimum absolute atomic E-state index is 1.32. The summed E-state index contributed by atoms with van der Waals surface area (Å²) >= 11 is 0. The van der Waals surface area contributed by atoms with Gasteiger partial charge in [0.2, 0.25) is 0 Å². The molecule has 62 valence electrons. The zero-order valence-electron chi connectivity index (χ0n) is 7.26. The molecule has 0 radical (unpaired) electrons. The molecule has 0 aromatic carbocycles. The topological polar surface area (TPSA) is 0 Å². The molecule has 2 aliphatic carbocycles. The van der Waals surface area contributed by atoms with Crippen LogP contribution in [0.25, 0.3) is 0 Å². The summed E-state index contributed by atoms with van der Waals surface area (Å²) in [5.41, 5.74) is 0. The lowest BCUT2D eigenvalue weighted by Crippen LogP contribution is -1.77. The Labute approximate surface area is 70.0 Å².